The molecular formula is C48H84NO8P. The van der Waals surface area contributed by atoms with Crippen LogP contribution in [0.15, 0.2) is 72.9 Å². The Balaban J connectivity index is 3.67. The smallest absolute Gasteiger partial charge is 0.463 e. The highest BCUT2D eigenvalue weighted by Crippen LogP contribution is 2.42. The van der Waals surface area contributed by atoms with Crippen LogP contribution in [-0.4, -0.2) is 54.3 Å². The number of hydrogen-bond donors (Lipinski definition) is 3. The van der Waals surface area contributed by atoms with Crippen molar-refractivity contribution in [1.82, 2.24) is 5.32 Å². The van der Waals surface area contributed by atoms with Gasteiger partial charge in [-0.3, -0.25) is 18.6 Å². The molecule has 58 heavy (non-hydrogen) atoms. The third kappa shape index (κ3) is 44.6. The molecule has 0 bridgehead atoms. The maximum atomic E-state index is 12.1. The van der Waals surface area contributed by atoms with Crippen molar-refractivity contribution >= 4 is 19.7 Å². The van der Waals surface area contributed by atoms with E-state index in [0.717, 1.165) is 96.3 Å². The van der Waals surface area contributed by atoms with Crippen LogP contribution >= 0.6 is 7.82 Å². The number of aliphatic hydroxyl groups excluding tert-OH is 1. The van der Waals surface area contributed by atoms with Gasteiger partial charge in [0.05, 0.1) is 13.2 Å². The standard InChI is InChI=1S/C48H84NO8P/c1-3-5-7-9-11-13-15-17-19-21-22-23-24-25-27-29-31-33-35-37-39-41-48(52)55-44-46(50)45-57-58(53,54)56-43-42-49-47(51)40-38-36-34-32-30-28-26-20-18-16-14-12-10-8-6-4-2/h11,13-14,16-17,19-20,22-23,25-27,46,50H,3-10,12,15,18,21,24,28-45H2,1-2H3,(H,49,51)(H,53,54)/b13-11-,16-14-,19-17-,23-22-,26-20-,27-25-. The van der Waals surface area contributed by atoms with Gasteiger partial charge in [0.25, 0.3) is 0 Å². The van der Waals surface area contributed by atoms with Crippen molar-refractivity contribution in [1.29, 1.82) is 0 Å². The van der Waals surface area contributed by atoms with Gasteiger partial charge >= 0.3 is 13.8 Å². The molecule has 9 nitrogen and oxygen atoms in total. The van der Waals surface area contributed by atoms with Gasteiger partial charge in [-0.2, -0.15) is 0 Å². The summed E-state index contributed by atoms with van der Waals surface area (Å²) < 4.78 is 26.9. The molecule has 2 atom stereocenters. The molecule has 0 radical (unpaired) electrons. The first-order valence-electron chi connectivity index (χ1n) is 22.9. The molecule has 0 aromatic rings. The summed E-state index contributed by atoms with van der Waals surface area (Å²) in [5, 5.41) is 12.7. The monoisotopic (exact) mass is 834 g/mol. The summed E-state index contributed by atoms with van der Waals surface area (Å²) in [6.07, 6.45) is 54.0. The van der Waals surface area contributed by atoms with Gasteiger partial charge in [-0.1, -0.05) is 157 Å². The maximum Gasteiger partial charge on any atom is 0.472 e. The molecule has 0 spiro atoms. The van der Waals surface area contributed by atoms with Crippen LogP contribution in [0, 0.1) is 0 Å². The second-order valence-electron chi connectivity index (χ2n) is 15.0. The number of unbranched alkanes of at least 4 members (excludes halogenated alkanes) is 17. The molecule has 0 fully saturated rings. The lowest BCUT2D eigenvalue weighted by Crippen LogP contribution is -2.27. The number of carbonyl (C=O) groups excluding carboxylic acids is 2. The number of hydrogen-bond acceptors (Lipinski definition) is 7. The summed E-state index contributed by atoms with van der Waals surface area (Å²) in [7, 11) is -4.43. The van der Waals surface area contributed by atoms with E-state index in [1.807, 2.05) is 0 Å². The van der Waals surface area contributed by atoms with Crippen molar-refractivity contribution in [3.63, 3.8) is 0 Å². The van der Waals surface area contributed by atoms with Gasteiger partial charge in [0.2, 0.25) is 5.91 Å². The van der Waals surface area contributed by atoms with E-state index in [4.69, 9.17) is 13.8 Å². The van der Waals surface area contributed by atoms with Crippen LogP contribution in [0.4, 0.5) is 0 Å². The van der Waals surface area contributed by atoms with Crippen LogP contribution in [0.25, 0.3) is 0 Å². The number of amides is 1. The average Bonchev–Trinajstić information content (AvgIpc) is 3.21. The molecule has 10 heteroatoms. The lowest BCUT2D eigenvalue weighted by Gasteiger charge is -2.15. The number of esters is 1. The van der Waals surface area contributed by atoms with Gasteiger partial charge in [-0.15, -0.1) is 0 Å². The Morgan fingerprint density at radius 2 is 0.931 bits per heavy atom. The number of phosphoric acid groups is 1. The van der Waals surface area contributed by atoms with Crippen molar-refractivity contribution in [3.8, 4) is 0 Å². The Kier molecular flexibility index (Phi) is 42.1. The molecule has 0 saturated carbocycles. The molecular weight excluding hydrogens is 750 g/mol. The first-order valence-corrected chi connectivity index (χ1v) is 24.4. The topological polar surface area (TPSA) is 131 Å². The number of aliphatic hydroxyl groups is 1. The van der Waals surface area contributed by atoms with Gasteiger partial charge in [0.1, 0.15) is 12.7 Å². The van der Waals surface area contributed by atoms with Crippen molar-refractivity contribution < 1.29 is 37.9 Å². The third-order valence-electron chi connectivity index (χ3n) is 9.36. The summed E-state index contributed by atoms with van der Waals surface area (Å²) in [4.78, 5) is 34.0. The van der Waals surface area contributed by atoms with Gasteiger partial charge in [0.15, 0.2) is 0 Å². The Bertz CT molecular complexity index is 1180. The zero-order valence-corrected chi connectivity index (χ0v) is 37.6. The highest BCUT2D eigenvalue weighted by atomic mass is 31.2. The summed E-state index contributed by atoms with van der Waals surface area (Å²) in [5.41, 5.74) is 0. The first kappa shape index (κ1) is 55.5. The minimum absolute atomic E-state index is 0.0681. The summed E-state index contributed by atoms with van der Waals surface area (Å²) >= 11 is 0. The maximum absolute atomic E-state index is 12.1. The molecule has 0 saturated heterocycles. The van der Waals surface area contributed by atoms with Crippen LogP contribution in [0.5, 0.6) is 0 Å². The van der Waals surface area contributed by atoms with E-state index in [2.05, 4.69) is 92.1 Å². The Hall–Kier alpha value is -2.55. The van der Waals surface area contributed by atoms with E-state index in [1.165, 1.54) is 57.8 Å². The van der Waals surface area contributed by atoms with Crippen LogP contribution < -0.4 is 5.32 Å². The second kappa shape index (κ2) is 44.0. The van der Waals surface area contributed by atoms with Gasteiger partial charge in [-0.05, 0) is 89.9 Å². The zero-order valence-electron chi connectivity index (χ0n) is 36.7. The van der Waals surface area contributed by atoms with Crippen molar-refractivity contribution in [2.24, 2.45) is 0 Å². The van der Waals surface area contributed by atoms with Crippen LogP contribution in [0.1, 0.15) is 187 Å². The number of allylic oxidation sites excluding steroid dienone is 12. The normalized spacial score (nSPS) is 13.9. The molecule has 334 valence electrons. The number of nitrogens with one attached hydrogen (secondary N) is 1. The molecule has 0 aliphatic rings. The van der Waals surface area contributed by atoms with Crippen LogP contribution in [0.3, 0.4) is 0 Å². The summed E-state index contributed by atoms with van der Waals surface area (Å²) in [6, 6.07) is 0. The fourth-order valence-corrected chi connectivity index (χ4v) is 6.62. The second-order valence-corrected chi connectivity index (χ2v) is 16.5. The van der Waals surface area contributed by atoms with E-state index in [1.54, 1.807) is 0 Å². The Morgan fingerprint density at radius 1 is 0.534 bits per heavy atom. The number of carbonyl (C=O) groups is 2. The van der Waals surface area contributed by atoms with Crippen LogP contribution in [0.2, 0.25) is 0 Å². The number of rotatable bonds is 42. The molecule has 0 aromatic heterocycles. The van der Waals surface area contributed by atoms with E-state index in [-0.39, 0.29) is 32.1 Å². The fourth-order valence-electron chi connectivity index (χ4n) is 5.86. The first-order chi connectivity index (χ1) is 28.3. The largest absolute Gasteiger partial charge is 0.472 e. The highest BCUT2D eigenvalue weighted by molar-refractivity contribution is 7.47. The van der Waals surface area contributed by atoms with Crippen molar-refractivity contribution in [2.45, 2.75) is 193 Å². The Labute approximate surface area is 354 Å². The van der Waals surface area contributed by atoms with Gasteiger partial charge in [0, 0.05) is 19.4 Å². The van der Waals surface area contributed by atoms with E-state index < -0.39 is 26.5 Å². The Morgan fingerprint density at radius 3 is 1.43 bits per heavy atom. The summed E-state index contributed by atoms with van der Waals surface area (Å²) in [6.45, 7) is 3.46. The minimum Gasteiger partial charge on any atom is -0.463 e. The van der Waals surface area contributed by atoms with Gasteiger partial charge in [-0.25, -0.2) is 4.57 Å². The lowest BCUT2D eigenvalue weighted by molar-refractivity contribution is -0.147. The fraction of sp³-hybridized carbons (Fsp3) is 0.708. The van der Waals surface area contributed by atoms with Crippen LogP contribution in [-0.2, 0) is 27.9 Å². The van der Waals surface area contributed by atoms with E-state index in [0.29, 0.717) is 12.8 Å². The quantitative estimate of drug-likeness (QED) is 0.0240. The van der Waals surface area contributed by atoms with E-state index in [9.17, 15) is 24.2 Å². The van der Waals surface area contributed by atoms with E-state index >= 15 is 0 Å². The number of phosphoric ester groups is 1. The number of ether oxygens (including phenoxy) is 1. The summed E-state index contributed by atoms with van der Waals surface area (Å²) in [5.74, 6) is -0.552. The molecule has 3 N–H and O–H groups in total. The van der Waals surface area contributed by atoms with Crippen molar-refractivity contribution in [3.05, 3.63) is 72.9 Å². The third-order valence-corrected chi connectivity index (χ3v) is 10.3. The predicted molar refractivity (Wildman–Crippen MR) is 243 cm³/mol. The molecule has 2 unspecified atom stereocenters. The average molecular weight is 834 g/mol. The molecule has 0 aliphatic carbocycles. The molecule has 0 aliphatic heterocycles. The zero-order chi connectivity index (χ0) is 42.5. The predicted octanol–water partition coefficient (Wildman–Crippen LogP) is 13.0. The van der Waals surface area contributed by atoms with Gasteiger partial charge < -0.3 is 20.1 Å². The van der Waals surface area contributed by atoms with Crippen molar-refractivity contribution in [2.75, 3.05) is 26.4 Å². The highest BCUT2D eigenvalue weighted by Gasteiger charge is 2.23. The SMILES string of the molecule is CCCCC/C=C\C/C=C\C/C=C\C/C=C\CCCCCCCC(=O)OCC(O)COP(=O)(O)OCCNC(=O)CCCCCCC/C=C\C/C=C\CCCCCC. The molecule has 0 rings (SSSR count). The molecule has 1 amide bonds. The minimum atomic E-state index is -4.43. The molecule has 0 heterocycles. The lowest BCUT2D eigenvalue weighted by atomic mass is 10.1. The molecule has 0 aromatic carbocycles.